The van der Waals surface area contributed by atoms with E-state index in [4.69, 9.17) is 0 Å². The first-order chi connectivity index (χ1) is 12.1. The number of amides is 2. The van der Waals surface area contributed by atoms with Crippen LogP contribution in [-0.2, 0) is 9.59 Å². The van der Waals surface area contributed by atoms with Gasteiger partial charge in [0.25, 0.3) is 0 Å². The van der Waals surface area contributed by atoms with Gasteiger partial charge in [-0.2, -0.15) is 0 Å². The Labute approximate surface area is 147 Å². The number of hydrogen-bond acceptors (Lipinski definition) is 3. The number of nitrogens with zero attached hydrogens (tertiary/aromatic N) is 3. The second-order valence-electron chi connectivity index (χ2n) is 7.35. The number of halogens is 1. The SMILES string of the molecule is O=C([C@@H]1CC(=O)N(c2ccc(F)cc2)C1)N1CCCN2CCC[C@H]2C1. The van der Waals surface area contributed by atoms with Gasteiger partial charge in [-0.1, -0.05) is 0 Å². The van der Waals surface area contributed by atoms with Crippen molar-refractivity contribution in [3.63, 3.8) is 0 Å². The minimum absolute atomic E-state index is 0.0535. The van der Waals surface area contributed by atoms with Crippen molar-refractivity contribution >= 4 is 17.5 Å². The van der Waals surface area contributed by atoms with E-state index < -0.39 is 0 Å². The summed E-state index contributed by atoms with van der Waals surface area (Å²) in [6, 6.07) is 6.38. The van der Waals surface area contributed by atoms with Gasteiger partial charge in [0.15, 0.2) is 0 Å². The van der Waals surface area contributed by atoms with Crippen molar-refractivity contribution in [2.75, 3.05) is 37.6 Å². The molecular formula is C19H24FN3O2. The van der Waals surface area contributed by atoms with Gasteiger partial charge in [0.05, 0.1) is 5.92 Å². The van der Waals surface area contributed by atoms with Crippen LogP contribution in [-0.4, -0.2) is 60.4 Å². The number of benzene rings is 1. The first-order valence-corrected chi connectivity index (χ1v) is 9.20. The fourth-order valence-corrected chi connectivity index (χ4v) is 4.41. The van der Waals surface area contributed by atoms with Crippen molar-refractivity contribution in [2.45, 2.75) is 31.7 Å². The van der Waals surface area contributed by atoms with E-state index in [0.717, 1.165) is 39.0 Å². The Balaban J connectivity index is 1.44. The average molecular weight is 345 g/mol. The molecule has 0 bridgehead atoms. The van der Waals surface area contributed by atoms with Crippen LogP contribution >= 0.6 is 0 Å². The molecule has 0 unspecified atom stereocenters. The van der Waals surface area contributed by atoms with Crippen molar-refractivity contribution in [1.29, 1.82) is 0 Å². The molecule has 0 radical (unpaired) electrons. The van der Waals surface area contributed by atoms with Crippen LogP contribution in [0, 0.1) is 11.7 Å². The molecule has 0 spiro atoms. The van der Waals surface area contributed by atoms with Gasteiger partial charge >= 0.3 is 0 Å². The molecule has 0 aliphatic carbocycles. The van der Waals surface area contributed by atoms with E-state index in [1.54, 1.807) is 17.0 Å². The van der Waals surface area contributed by atoms with Crippen molar-refractivity contribution in [2.24, 2.45) is 5.92 Å². The Morgan fingerprint density at radius 3 is 2.60 bits per heavy atom. The van der Waals surface area contributed by atoms with Crippen molar-refractivity contribution in [3.05, 3.63) is 30.1 Å². The van der Waals surface area contributed by atoms with Crippen LogP contribution in [0.4, 0.5) is 10.1 Å². The zero-order valence-electron chi connectivity index (χ0n) is 14.4. The second kappa shape index (κ2) is 6.75. The van der Waals surface area contributed by atoms with Crippen molar-refractivity contribution in [1.82, 2.24) is 9.80 Å². The maximum absolute atomic E-state index is 13.1. The zero-order valence-corrected chi connectivity index (χ0v) is 14.4. The van der Waals surface area contributed by atoms with E-state index in [1.807, 2.05) is 4.90 Å². The standard InChI is InChI=1S/C19H24FN3O2/c20-15-4-6-16(7-5-15)23-12-14(11-18(23)24)19(25)22-10-2-9-21-8-1-3-17(21)13-22/h4-7,14,17H,1-3,8-13H2/t14-,17+/m1/s1. The Morgan fingerprint density at radius 2 is 1.80 bits per heavy atom. The van der Waals surface area contributed by atoms with E-state index in [0.29, 0.717) is 18.3 Å². The van der Waals surface area contributed by atoms with Crippen molar-refractivity contribution in [3.8, 4) is 0 Å². The molecule has 3 aliphatic heterocycles. The van der Waals surface area contributed by atoms with Crippen LogP contribution in [0.2, 0.25) is 0 Å². The van der Waals surface area contributed by atoms with Crippen LogP contribution < -0.4 is 4.90 Å². The summed E-state index contributed by atoms with van der Waals surface area (Å²) in [5.74, 6) is -0.562. The zero-order chi connectivity index (χ0) is 17.4. The highest BCUT2D eigenvalue weighted by atomic mass is 19.1. The predicted molar refractivity (Wildman–Crippen MR) is 92.7 cm³/mol. The first-order valence-electron chi connectivity index (χ1n) is 9.20. The maximum atomic E-state index is 13.1. The van der Waals surface area contributed by atoms with Gasteiger partial charge in [-0.3, -0.25) is 14.5 Å². The van der Waals surface area contributed by atoms with Crippen LogP contribution in [0.25, 0.3) is 0 Å². The molecule has 3 aliphatic rings. The summed E-state index contributed by atoms with van der Waals surface area (Å²) >= 11 is 0. The van der Waals surface area contributed by atoms with Gasteiger partial charge in [0.1, 0.15) is 5.82 Å². The van der Waals surface area contributed by atoms with E-state index in [1.165, 1.54) is 18.6 Å². The summed E-state index contributed by atoms with van der Waals surface area (Å²) in [6.45, 7) is 4.19. The minimum atomic E-state index is -0.325. The third-order valence-electron chi connectivity index (χ3n) is 5.73. The van der Waals surface area contributed by atoms with E-state index in [9.17, 15) is 14.0 Å². The first kappa shape index (κ1) is 16.5. The predicted octanol–water partition coefficient (Wildman–Crippen LogP) is 1.88. The fourth-order valence-electron chi connectivity index (χ4n) is 4.41. The average Bonchev–Trinajstić information content (AvgIpc) is 3.16. The van der Waals surface area contributed by atoms with E-state index in [2.05, 4.69) is 4.90 Å². The highest BCUT2D eigenvalue weighted by Crippen LogP contribution is 2.28. The molecule has 3 saturated heterocycles. The summed E-state index contributed by atoms with van der Waals surface area (Å²) in [6.07, 6.45) is 3.63. The summed E-state index contributed by atoms with van der Waals surface area (Å²) in [7, 11) is 0. The topological polar surface area (TPSA) is 43.9 Å². The molecule has 0 saturated carbocycles. The smallest absolute Gasteiger partial charge is 0.228 e. The molecule has 1 aromatic rings. The molecule has 0 N–H and O–H groups in total. The lowest BCUT2D eigenvalue weighted by atomic mass is 10.1. The molecule has 0 aromatic heterocycles. The summed E-state index contributed by atoms with van der Waals surface area (Å²) in [5, 5.41) is 0. The normalized spacial score (nSPS) is 27.5. The van der Waals surface area contributed by atoms with E-state index in [-0.39, 0.29) is 30.0 Å². The molecule has 25 heavy (non-hydrogen) atoms. The van der Waals surface area contributed by atoms with Crippen LogP contribution in [0.3, 0.4) is 0 Å². The second-order valence-corrected chi connectivity index (χ2v) is 7.35. The number of carbonyl (C=O) groups excluding carboxylic acids is 2. The van der Waals surface area contributed by atoms with Gasteiger partial charge in [-0.25, -0.2) is 4.39 Å². The lowest BCUT2D eigenvalue weighted by Crippen LogP contribution is -2.42. The number of hydrogen-bond donors (Lipinski definition) is 0. The van der Waals surface area contributed by atoms with Crippen molar-refractivity contribution < 1.29 is 14.0 Å². The van der Waals surface area contributed by atoms with Crippen LogP contribution in [0.15, 0.2) is 24.3 Å². The Kier molecular flexibility index (Phi) is 4.46. The molecule has 2 atom stereocenters. The lowest BCUT2D eigenvalue weighted by molar-refractivity contribution is -0.136. The van der Waals surface area contributed by atoms with Crippen LogP contribution in [0.5, 0.6) is 0 Å². The highest BCUT2D eigenvalue weighted by Gasteiger charge is 2.39. The molecular weight excluding hydrogens is 321 g/mol. The number of carbonyl (C=O) groups is 2. The summed E-state index contributed by atoms with van der Waals surface area (Å²) in [4.78, 5) is 31.4. The largest absolute Gasteiger partial charge is 0.341 e. The highest BCUT2D eigenvalue weighted by molar-refractivity contribution is 6.00. The fraction of sp³-hybridized carbons (Fsp3) is 0.579. The Hall–Kier alpha value is -1.95. The van der Waals surface area contributed by atoms with Gasteiger partial charge in [-0.05, 0) is 50.1 Å². The van der Waals surface area contributed by atoms with Gasteiger partial charge in [0, 0.05) is 44.3 Å². The molecule has 5 nitrogen and oxygen atoms in total. The monoisotopic (exact) mass is 345 g/mol. The molecule has 4 rings (SSSR count). The van der Waals surface area contributed by atoms with E-state index >= 15 is 0 Å². The number of anilines is 1. The minimum Gasteiger partial charge on any atom is -0.341 e. The summed E-state index contributed by atoms with van der Waals surface area (Å²) in [5.41, 5.74) is 0.666. The number of fused-ring (bicyclic) bond motifs is 1. The van der Waals surface area contributed by atoms with Crippen LogP contribution in [0.1, 0.15) is 25.7 Å². The lowest BCUT2D eigenvalue weighted by Gasteiger charge is -2.27. The molecule has 2 amide bonds. The quantitative estimate of drug-likeness (QED) is 0.822. The molecule has 3 heterocycles. The Bertz CT molecular complexity index is 663. The van der Waals surface area contributed by atoms with Gasteiger partial charge in [0.2, 0.25) is 11.8 Å². The molecule has 134 valence electrons. The van der Waals surface area contributed by atoms with Gasteiger partial charge in [-0.15, -0.1) is 0 Å². The third-order valence-corrected chi connectivity index (χ3v) is 5.73. The Morgan fingerprint density at radius 1 is 1.04 bits per heavy atom. The molecule has 6 heteroatoms. The van der Waals surface area contributed by atoms with Gasteiger partial charge < -0.3 is 9.80 Å². The third kappa shape index (κ3) is 3.27. The molecule has 1 aromatic carbocycles. The molecule has 3 fully saturated rings. The number of rotatable bonds is 2. The summed E-state index contributed by atoms with van der Waals surface area (Å²) < 4.78 is 13.1. The maximum Gasteiger partial charge on any atom is 0.228 e.